The maximum Gasteiger partial charge on any atom is 0.296 e. The first kappa shape index (κ1) is 13.7. The molecule has 0 fully saturated rings. The van der Waals surface area contributed by atoms with Gasteiger partial charge in [-0.3, -0.25) is 9.35 Å². The SMILES string of the molecule is CC1=NN(c2c(S(=O)(=O)O)ccc3ccccc23)C(=O)C1. The normalized spacial score (nSPS) is 15.6. The lowest BCUT2D eigenvalue weighted by Gasteiger charge is -2.17. The number of fused-ring (bicyclic) bond motifs is 1. The summed E-state index contributed by atoms with van der Waals surface area (Å²) in [5.41, 5.74) is 0.687. The van der Waals surface area contributed by atoms with E-state index in [1.807, 2.05) is 0 Å². The monoisotopic (exact) mass is 304 g/mol. The highest BCUT2D eigenvalue weighted by Gasteiger charge is 2.30. The molecule has 0 spiro atoms. The van der Waals surface area contributed by atoms with Crippen LogP contribution in [0.25, 0.3) is 10.8 Å². The van der Waals surface area contributed by atoms with Gasteiger partial charge in [0.1, 0.15) is 4.90 Å². The summed E-state index contributed by atoms with van der Waals surface area (Å²) in [5, 5.41) is 6.44. The van der Waals surface area contributed by atoms with Crippen LogP contribution < -0.4 is 5.01 Å². The molecule has 0 atom stereocenters. The number of hydrogen-bond acceptors (Lipinski definition) is 4. The summed E-state index contributed by atoms with van der Waals surface area (Å²) in [6.45, 7) is 1.69. The van der Waals surface area contributed by atoms with Crippen molar-refractivity contribution in [1.29, 1.82) is 0 Å². The van der Waals surface area contributed by atoms with E-state index in [1.54, 1.807) is 37.3 Å². The molecule has 0 saturated carbocycles. The predicted molar refractivity (Wildman–Crippen MR) is 79.0 cm³/mol. The molecule has 1 amide bonds. The van der Waals surface area contributed by atoms with Crippen LogP contribution in [0.4, 0.5) is 5.69 Å². The largest absolute Gasteiger partial charge is 0.296 e. The summed E-state index contributed by atoms with van der Waals surface area (Å²) in [7, 11) is -4.47. The molecule has 0 aromatic heterocycles. The summed E-state index contributed by atoms with van der Waals surface area (Å²) in [6.07, 6.45) is 0.133. The standard InChI is InChI=1S/C14H12N2O4S/c1-9-8-13(17)16(15-9)14-11-5-3-2-4-10(11)6-7-12(14)21(18,19)20/h2-7H,8H2,1H3,(H,18,19,20). The molecule has 0 bridgehead atoms. The van der Waals surface area contributed by atoms with E-state index >= 15 is 0 Å². The van der Waals surface area contributed by atoms with Crippen molar-refractivity contribution in [3.63, 3.8) is 0 Å². The number of carbonyl (C=O) groups is 1. The Hall–Kier alpha value is -2.25. The zero-order valence-electron chi connectivity index (χ0n) is 11.1. The molecule has 21 heavy (non-hydrogen) atoms. The molecule has 0 aliphatic carbocycles. The number of hydrogen-bond donors (Lipinski definition) is 1. The fourth-order valence-corrected chi connectivity index (χ4v) is 3.07. The number of amides is 1. The van der Waals surface area contributed by atoms with E-state index in [0.29, 0.717) is 11.1 Å². The quantitative estimate of drug-likeness (QED) is 0.862. The van der Waals surface area contributed by atoms with Crippen LogP contribution in [0, 0.1) is 0 Å². The van der Waals surface area contributed by atoms with Crippen molar-refractivity contribution >= 4 is 38.2 Å². The Labute approximate surface area is 121 Å². The number of benzene rings is 2. The number of hydrazone groups is 1. The van der Waals surface area contributed by atoms with Crippen LogP contribution in [-0.2, 0) is 14.9 Å². The summed E-state index contributed by atoms with van der Waals surface area (Å²) < 4.78 is 32.7. The summed E-state index contributed by atoms with van der Waals surface area (Å²) in [5.74, 6) is -0.325. The first-order valence-corrected chi connectivity index (χ1v) is 7.68. The van der Waals surface area contributed by atoms with Crippen molar-refractivity contribution in [2.75, 3.05) is 5.01 Å². The second-order valence-corrected chi connectivity index (χ2v) is 6.22. The fraction of sp³-hybridized carbons (Fsp3) is 0.143. The van der Waals surface area contributed by atoms with Crippen LogP contribution in [0.3, 0.4) is 0 Å². The first-order valence-electron chi connectivity index (χ1n) is 6.24. The van der Waals surface area contributed by atoms with E-state index < -0.39 is 10.1 Å². The average Bonchev–Trinajstić information content (AvgIpc) is 2.75. The summed E-state index contributed by atoms with van der Waals surface area (Å²) >= 11 is 0. The van der Waals surface area contributed by atoms with Crippen LogP contribution in [-0.4, -0.2) is 24.6 Å². The zero-order valence-corrected chi connectivity index (χ0v) is 12.0. The molecule has 1 aliphatic rings. The van der Waals surface area contributed by atoms with Gasteiger partial charge in [0.15, 0.2) is 0 Å². The Morgan fingerprint density at radius 2 is 1.90 bits per heavy atom. The number of anilines is 1. The predicted octanol–water partition coefficient (Wildman–Crippen LogP) is 2.20. The molecule has 2 aromatic rings. The Bertz CT molecular complexity index is 887. The summed E-state index contributed by atoms with van der Waals surface area (Å²) in [6, 6.07) is 9.89. The lowest BCUT2D eigenvalue weighted by Crippen LogP contribution is -2.22. The van der Waals surface area contributed by atoms with Crippen molar-refractivity contribution in [2.24, 2.45) is 5.10 Å². The van der Waals surface area contributed by atoms with E-state index in [1.165, 1.54) is 6.07 Å². The Kier molecular flexibility index (Phi) is 3.03. The van der Waals surface area contributed by atoms with Gasteiger partial charge in [0.2, 0.25) is 0 Å². The first-order chi connectivity index (χ1) is 9.88. The van der Waals surface area contributed by atoms with Crippen molar-refractivity contribution in [2.45, 2.75) is 18.2 Å². The second kappa shape index (κ2) is 4.64. The Morgan fingerprint density at radius 3 is 2.52 bits per heavy atom. The maximum absolute atomic E-state index is 12.0. The van der Waals surface area contributed by atoms with Crippen molar-refractivity contribution in [3.05, 3.63) is 36.4 Å². The van der Waals surface area contributed by atoms with E-state index in [4.69, 9.17) is 0 Å². The van der Waals surface area contributed by atoms with Gasteiger partial charge < -0.3 is 0 Å². The molecule has 0 unspecified atom stereocenters. The van der Waals surface area contributed by atoms with Gasteiger partial charge in [0.05, 0.1) is 12.1 Å². The van der Waals surface area contributed by atoms with E-state index in [2.05, 4.69) is 5.10 Å². The smallest absolute Gasteiger partial charge is 0.282 e. The van der Waals surface area contributed by atoms with Crippen LogP contribution in [0.5, 0.6) is 0 Å². The van der Waals surface area contributed by atoms with Gasteiger partial charge in [0.25, 0.3) is 16.0 Å². The Morgan fingerprint density at radius 1 is 1.19 bits per heavy atom. The van der Waals surface area contributed by atoms with E-state index in [9.17, 15) is 17.8 Å². The molecule has 0 saturated heterocycles. The minimum absolute atomic E-state index is 0.0949. The molecular weight excluding hydrogens is 292 g/mol. The highest BCUT2D eigenvalue weighted by atomic mass is 32.2. The number of nitrogens with zero attached hydrogens (tertiary/aromatic N) is 2. The maximum atomic E-state index is 12.0. The van der Waals surface area contributed by atoms with Gasteiger partial charge >= 0.3 is 0 Å². The van der Waals surface area contributed by atoms with E-state index in [-0.39, 0.29) is 22.9 Å². The molecule has 1 N–H and O–H groups in total. The van der Waals surface area contributed by atoms with Gasteiger partial charge in [-0.1, -0.05) is 30.3 Å². The van der Waals surface area contributed by atoms with Crippen molar-refractivity contribution in [3.8, 4) is 0 Å². The molecule has 6 nitrogen and oxygen atoms in total. The topological polar surface area (TPSA) is 87.0 Å². The molecule has 2 aromatic carbocycles. The third-order valence-corrected chi connectivity index (χ3v) is 4.15. The van der Waals surface area contributed by atoms with Crippen LogP contribution in [0.2, 0.25) is 0 Å². The summed E-state index contributed by atoms with van der Waals surface area (Å²) in [4.78, 5) is 11.7. The minimum atomic E-state index is -4.47. The average molecular weight is 304 g/mol. The third-order valence-electron chi connectivity index (χ3n) is 3.27. The van der Waals surface area contributed by atoms with Gasteiger partial charge in [-0.25, -0.2) is 0 Å². The second-order valence-electron chi connectivity index (χ2n) is 4.83. The van der Waals surface area contributed by atoms with Crippen LogP contribution >= 0.6 is 0 Å². The Balaban J connectivity index is 2.40. The van der Waals surface area contributed by atoms with Gasteiger partial charge in [-0.2, -0.15) is 18.5 Å². The van der Waals surface area contributed by atoms with Crippen molar-refractivity contribution in [1.82, 2.24) is 0 Å². The van der Waals surface area contributed by atoms with Crippen molar-refractivity contribution < 1.29 is 17.8 Å². The molecule has 3 rings (SSSR count). The van der Waals surface area contributed by atoms with Gasteiger partial charge in [-0.05, 0) is 18.4 Å². The van der Waals surface area contributed by atoms with Crippen LogP contribution in [0.15, 0.2) is 46.4 Å². The lowest BCUT2D eigenvalue weighted by atomic mass is 10.1. The van der Waals surface area contributed by atoms with Gasteiger partial charge in [-0.15, -0.1) is 0 Å². The molecule has 1 heterocycles. The molecule has 0 radical (unpaired) electrons. The number of carbonyl (C=O) groups excluding carboxylic acids is 1. The molecular formula is C14H12N2O4S. The van der Waals surface area contributed by atoms with Crippen LogP contribution in [0.1, 0.15) is 13.3 Å². The highest BCUT2D eigenvalue weighted by molar-refractivity contribution is 7.86. The highest BCUT2D eigenvalue weighted by Crippen LogP contribution is 2.35. The molecule has 1 aliphatic heterocycles. The zero-order chi connectivity index (χ0) is 15.2. The van der Waals surface area contributed by atoms with E-state index in [0.717, 1.165) is 10.4 Å². The number of rotatable bonds is 2. The van der Waals surface area contributed by atoms with Gasteiger partial charge in [0, 0.05) is 11.1 Å². The fourth-order valence-electron chi connectivity index (χ4n) is 2.39. The molecule has 108 valence electrons. The lowest BCUT2D eigenvalue weighted by molar-refractivity contribution is -0.116. The molecule has 7 heteroatoms. The minimum Gasteiger partial charge on any atom is -0.282 e. The third kappa shape index (κ3) is 2.30.